The van der Waals surface area contributed by atoms with E-state index in [0.29, 0.717) is 0 Å². The highest BCUT2D eigenvalue weighted by Crippen LogP contribution is 2.27. The van der Waals surface area contributed by atoms with Crippen molar-refractivity contribution in [3.05, 3.63) is 39.1 Å². The van der Waals surface area contributed by atoms with Crippen LogP contribution < -0.4 is 0 Å². The van der Waals surface area contributed by atoms with E-state index in [4.69, 9.17) is 0 Å². The van der Waals surface area contributed by atoms with Crippen molar-refractivity contribution in [1.82, 2.24) is 14.8 Å². The van der Waals surface area contributed by atoms with Crippen molar-refractivity contribution in [3.63, 3.8) is 0 Å². The van der Waals surface area contributed by atoms with Crippen molar-refractivity contribution in [3.8, 4) is 0 Å². The fourth-order valence-corrected chi connectivity index (χ4v) is 2.99. The molecular weight excluding hydrogens is 246 g/mol. The largest absolute Gasteiger partial charge is 0.289 e. The highest BCUT2D eigenvalue weighted by atomic mass is 32.1. The molecule has 0 amide bonds. The minimum atomic E-state index is 0.108. The molecule has 0 aliphatic heterocycles. The zero-order valence-corrected chi connectivity index (χ0v) is 11.1. The summed E-state index contributed by atoms with van der Waals surface area (Å²) in [6.45, 7) is 1.96. The van der Waals surface area contributed by atoms with Gasteiger partial charge >= 0.3 is 0 Å². The molecular formula is C13H13N3OS. The zero-order valence-electron chi connectivity index (χ0n) is 10.3. The first-order valence-electron chi connectivity index (χ1n) is 5.83. The Labute approximate surface area is 109 Å². The van der Waals surface area contributed by atoms with Crippen LogP contribution in [0.4, 0.5) is 0 Å². The van der Waals surface area contributed by atoms with Crippen LogP contribution in [-0.4, -0.2) is 20.5 Å². The van der Waals surface area contributed by atoms with Crippen molar-refractivity contribution in [2.24, 2.45) is 7.05 Å². The van der Waals surface area contributed by atoms with Gasteiger partial charge in [0.25, 0.3) is 0 Å². The molecule has 0 radical (unpaired) electrons. The van der Waals surface area contributed by atoms with Gasteiger partial charge in [-0.05, 0) is 25.8 Å². The van der Waals surface area contributed by atoms with Crippen LogP contribution >= 0.6 is 11.3 Å². The SMILES string of the molecule is Cc1ncsc1C=C1CCc2c(cnn2C)C1=O. The second kappa shape index (κ2) is 4.17. The molecule has 92 valence electrons. The maximum absolute atomic E-state index is 12.3. The lowest BCUT2D eigenvalue weighted by molar-refractivity contribution is 0.102. The molecule has 4 nitrogen and oxygen atoms in total. The quantitative estimate of drug-likeness (QED) is 0.739. The summed E-state index contributed by atoms with van der Waals surface area (Å²) in [5.74, 6) is 0.108. The van der Waals surface area contributed by atoms with Crippen molar-refractivity contribution >= 4 is 23.2 Å². The lowest BCUT2D eigenvalue weighted by atomic mass is 9.91. The molecule has 1 aliphatic carbocycles. The Morgan fingerprint density at radius 1 is 1.44 bits per heavy atom. The Hall–Kier alpha value is -1.75. The fraction of sp³-hybridized carbons (Fsp3) is 0.308. The van der Waals surface area contributed by atoms with Crippen molar-refractivity contribution in [2.45, 2.75) is 19.8 Å². The third kappa shape index (κ3) is 1.71. The van der Waals surface area contributed by atoms with Crippen LogP contribution in [0.25, 0.3) is 6.08 Å². The van der Waals surface area contributed by atoms with E-state index in [0.717, 1.165) is 40.2 Å². The van der Waals surface area contributed by atoms with Crippen LogP contribution in [0.3, 0.4) is 0 Å². The molecule has 0 saturated carbocycles. The molecule has 2 aromatic heterocycles. The van der Waals surface area contributed by atoms with E-state index in [2.05, 4.69) is 10.1 Å². The first kappa shape index (κ1) is 11.3. The van der Waals surface area contributed by atoms with Crippen LogP contribution in [0.2, 0.25) is 0 Å². The Balaban J connectivity index is 2.01. The summed E-state index contributed by atoms with van der Waals surface area (Å²) in [5.41, 5.74) is 5.44. The molecule has 0 atom stereocenters. The standard InChI is InChI=1S/C13H13N3OS/c1-8-12(18-7-14-8)5-9-3-4-11-10(13(9)17)6-15-16(11)2/h5-7H,3-4H2,1-2H3. The zero-order chi connectivity index (χ0) is 12.7. The van der Waals surface area contributed by atoms with Gasteiger partial charge in [0.05, 0.1) is 27.8 Å². The molecule has 2 heterocycles. The Morgan fingerprint density at radius 3 is 3.00 bits per heavy atom. The topological polar surface area (TPSA) is 47.8 Å². The van der Waals surface area contributed by atoms with Crippen molar-refractivity contribution in [2.75, 3.05) is 0 Å². The number of ketones is 1. The summed E-state index contributed by atoms with van der Waals surface area (Å²) >= 11 is 1.57. The number of hydrogen-bond donors (Lipinski definition) is 0. The monoisotopic (exact) mass is 259 g/mol. The Bertz CT molecular complexity index is 651. The Kier molecular flexibility index (Phi) is 2.63. The molecule has 0 fully saturated rings. The maximum Gasteiger partial charge on any atom is 0.192 e. The predicted octanol–water partition coefficient (Wildman–Crippen LogP) is 2.40. The Morgan fingerprint density at radius 2 is 2.28 bits per heavy atom. The number of allylic oxidation sites excluding steroid dienone is 1. The van der Waals surface area contributed by atoms with Gasteiger partial charge in [0.2, 0.25) is 0 Å². The van der Waals surface area contributed by atoms with Crippen molar-refractivity contribution in [1.29, 1.82) is 0 Å². The second-order valence-electron chi connectivity index (χ2n) is 4.43. The van der Waals surface area contributed by atoms with Gasteiger partial charge in [-0.2, -0.15) is 5.10 Å². The predicted molar refractivity (Wildman–Crippen MR) is 70.7 cm³/mol. The molecule has 5 heteroatoms. The average Bonchev–Trinajstić information content (AvgIpc) is 2.91. The first-order chi connectivity index (χ1) is 8.66. The van der Waals surface area contributed by atoms with E-state index in [1.54, 1.807) is 22.2 Å². The normalized spacial score (nSPS) is 17.2. The van der Waals surface area contributed by atoms with E-state index in [1.807, 2.05) is 25.6 Å². The van der Waals surface area contributed by atoms with Crippen LogP contribution in [-0.2, 0) is 13.5 Å². The average molecular weight is 259 g/mol. The van der Waals surface area contributed by atoms with Gasteiger partial charge in [-0.3, -0.25) is 9.48 Å². The molecule has 0 aromatic carbocycles. The summed E-state index contributed by atoms with van der Waals surface area (Å²) in [6.07, 6.45) is 5.30. The van der Waals surface area contributed by atoms with E-state index in [-0.39, 0.29) is 5.78 Å². The maximum atomic E-state index is 12.3. The van der Waals surface area contributed by atoms with E-state index < -0.39 is 0 Å². The number of aromatic nitrogens is 3. The summed E-state index contributed by atoms with van der Waals surface area (Å²) in [4.78, 5) is 17.6. The lowest BCUT2D eigenvalue weighted by Crippen LogP contribution is -2.14. The van der Waals surface area contributed by atoms with Crippen LogP contribution in [0.15, 0.2) is 17.3 Å². The number of fused-ring (bicyclic) bond motifs is 1. The summed E-state index contributed by atoms with van der Waals surface area (Å²) < 4.78 is 1.79. The molecule has 2 aromatic rings. The number of hydrogen-bond acceptors (Lipinski definition) is 4. The molecule has 0 N–H and O–H groups in total. The molecule has 0 spiro atoms. The van der Waals surface area contributed by atoms with E-state index in [1.165, 1.54) is 0 Å². The minimum Gasteiger partial charge on any atom is -0.289 e. The lowest BCUT2D eigenvalue weighted by Gasteiger charge is -2.14. The van der Waals surface area contributed by atoms with Crippen molar-refractivity contribution < 1.29 is 4.79 Å². The second-order valence-corrected chi connectivity index (χ2v) is 5.32. The van der Waals surface area contributed by atoms with Crippen LogP contribution in [0, 0.1) is 6.92 Å². The number of aryl methyl sites for hydroxylation is 2. The van der Waals surface area contributed by atoms with Gasteiger partial charge in [0.15, 0.2) is 5.78 Å². The number of thiazole rings is 1. The minimum absolute atomic E-state index is 0.108. The highest BCUT2D eigenvalue weighted by Gasteiger charge is 2.25. The highest BCUT2D eigenvalue weighted by molar-refractivity contribution is 7.10. The smallest absolute Gasteiger partial charge is 0.192 e. The van der Waals surface area contributed by atoms with Gasteiger partial charge in [0.1, 0.15) is 0 Å². The van der Waals surface area contributed by atoms with Crippen LogP contribution in [0.1, 0.15) is 33.0 Å². The number of carbonyl (C=O) groups is 1. The van der Waals surface area contributed by atoms with Gasteiger partial charge in [0, 0.05) is 18.3 Å². The van der Waals surface area contributed by atoms with Gasteiger partial charge in [-0.25, -0.2) is 4.98 Å². The molecule has 3 rings (SSSR count). The molecule has 18 heavy (non-hydrogen) atoms. The third-order valence-corrected chi connectivity index (χ3v) is 4.19. The molecule has 0 saturated heterocycles. The van der Waals surface area contributed by atoms with Gasteiger partial charge in [-0.15, -0.1) is 11.3 Å². The summed E-state index contributed by atoms with van der Waals surface area (Å²) in [6, 6.07) is 0. The number of rotatable bonds is 1. The van der Waals surface area contributed by atoms with E-state index in [9.17, 15) is 4.79 Å². The third-order valence-electron chi connectivity index (χ3n) is 3.32. The number of carbonyl (C=O) groups excluding carboxylic acids is 1. The van der Waals surface area contributed by atoms with E-state index >= 15 is 0 Å². The number of Topliss-reactive ketones (excluding diaryl/α,β-unsaturated/α-hetero) is 1. The van der Waals surface area contributed by atoms with Crippen LogP contribution in [0.5, 0.6) is 0 Å². The van der Waals surface area contributed by atoms with Gasteiger partial charge in [-0.1, -0.05) is 0 Å². The number of nitrogens with zero attached hydrogens (tertiary/aromatic N) is 3. The van der Waals surface area contributed by atoms with Gasteiger partial charge < -0.3 is 0 Å². The molecule has 1 aliphatic rings. The summed E-state index contributed by atoms with van der Waals surface area (Å²) in [5, 5.41) is 4.16. The fourth-order valence-electron chi connectivity index (χ4n) is 2.23. The first-order valence-corrected chi connectivity index (χ1v) is 6.71. The molecule has 0 bridgehead atoms. The molecule has 0 unspecified atom stereocenters. The summed E-state index contributed by atoms with van der Waals surface area (Å²) in [7, 11) is 1.88.